The van der Waals surface area contributed by atoms with Gasteiger partial charge < -0.3 is 14.8 Å². The standard InChI is InChI=1S/C20H22FN7O2/c1-26-13-22-9-18(26)20(30)28-10-15(21)7-16(28)11-27-12-17(24-25-27)19(29)23-8-14-5-3-2-4-6-14/h2-6,9,12-13,15-16H,7-8,10-11H2,1H3,(H,23,29)/t15-,16-/m0/s1. The summed E-state index contributed by atoms with van der Waals surface area (Å²) in [6.45, 7) is 0.655. The van der Waals surface area contributed by atoms with Crippen molar-refractivity contribution in [3.63, 3.8) is 0 Å². The monoisotopic (exact) mass is 411 g/mol. The van der Waals surface area contributed by atoms with Crippen molar-refractivity contribution in [2.24, 2.45) is 7.05 Å². The molecule has 1 aliphatic heterocycles. The van der Waals surface area contributed by atoms with Crippen LogP contribution in [-0.2, 0) is 20.1 Å². The summed E-state index contributed by atoms with van der Waals surface area (Å²) >= 11 is 0. The molecule has 1 fully saturated rings. The molecule has 30 heavy (non-hydrogen) atoms. The second-order valence-electron chi connectivity index (χ2n) is 7.33. The molecule has 2 aromatic heterocycles. The van der Waals surface area contributed by atoms with Crippen molar-refractivity contribution in [2.45, 2.75) is 31.7 Å². The number of nitrogens with one attached hydrogen (secondary N) is 1. The maximum Gasteiger partial charge on any atom is 0.273 e. The average Bonchev–Trinajstić information content (AvgIpc) is 3.47. The van der Waals surface area contributed by atoms with E-state index in [2.05, 4.69) is 20.6 Å². The summed E-state index contributed by atoms with van der Waals surface area (Å²) in [6.07, 6.45) is 3.61. The number of carbonyl (C=O) groups excluding carboxylic acids is 2. The molecule has 156 valence electrons. The van der Waals surface area contributed by atoms with Crippen molar-refractivity contribution < 1.29 is 14.0 Å². The number of nitrogens with zero attached hydrogens (tertiary/aromatic N) is 6. The Kier molecular flexibility index (Phi) is 5.55. The molecule has 0 unspecified atom stereocenters. The zero-order valence-corrected chi connectivity index (χ0v) is 16.5. The maximum absolute atomic E-state index is 14.1. The zero-order chi connectivity index (χ0) is 21.1. The molecule has 2 atom stereocenters. The van der Waals surface area contributed by atoms with Crippen LogP contribution in [0.4, 0.5) is 4.39 Å². The third-order valence-electron chi connectivity index (χ3n) is 5.13. The summed E-state index contributed by atoms with van der Waals surface area (Å²) in [5, 5.41) is 10.7. The van der Waals surface area contributed by atoms with Gasteiger partial charge in [-0.15, -0.1) is 5.10 Å². The number of hydrogen-bond donors (Lipinski definition) is 1. The minimum atomic E-state index is -1.11. The SMILES string of the molecule is Cn1cncc1C(=O)N1C[C@@H](F)C[C@H]1Cn1cc(C(=O)NCc2ccccc2)nn1. The fourth-order valence-corrected chi connectivity index (χ4v) is 3.57. The first kappa shape index (κ1) is 19.7. The Balaban J connectivity index is 1.40. The highest BCUT2D eigenvalue weighted by Gasteiger charge is 2.37. The largest absolute Gasteiger partial charge is 0.347 e. The number of imidazole rings is 1. The van der Waals surface area contributed by atoms with Crippen LogP contribution in [0.25, 0.3) is 0 Å². The first-order chi connectivity index (χ1) is 14.5. The summed E-state index contributed by atoms with van der Waals surface area (Å²) in [6, 6.07) is 9.15. The number of benzene rings is 1. The second-order valence-corrected chi connectivity index (χ2v) is 7.33. The molecule has 9 nitrogen and oxygen atoms in total. The van der Waals surface area contributed by atoms with Gasteiger partial charge in [-0.05, 0) is 5.56 Å². The van der Waals surface area contributed by atoms with Gasteiger partial charge in [-0.1, -0.05) is 35.5 Å². The minimum Gasteiger partial charge on any atom is -0.347 e. The summed E-state index contributed by atoms with van der Waals surface area (Å²) < 4.78 is 17.2. The molecule has 3 heterocycles. The lowest BCUT2D eigenvalue weighted by molar-refractivity contribution is 0.0704. The molecule has 0 radical (unpaired) electrons. The third kappa shape index (κ3) is 4.22. The molecule has 4 rings (SSSR count). The molecule has 3 aromatic rings. The second kappa shape index (κ2) is 8.44. The Morgan fingerprint density at radius 3 is 2.80 bits per heavy atom. The summed E-state index contributed by atoms with van der Waals surface area (Å²) in [5.41, 5.74) is 1.54. The number of rotatable bonds is 6. The Morgan fingerprint density at radius 1 is 1.27 bits per heavy atom. The van der Waals surface area contributed by atoms with Crippen molar-refractivity contribution >= 4 is 11.8 Å². The van der Waals surface area contributed by atoms with Gasteiger partial charge >= 0.3 is 0 Å². The quantitative estimate of drug-likeness (QED) is 0.657. The van der Waals surface area contributed by atoms with Gasteiger partial charge in [-0.2, -0.15) is 0 Å². The molecule has 1 aliphatic rings. The van der Waals surface area contributed by atoms with Gasteiger partial charge in [-0.3, -0.25) is 9.59 Å². The van der Waals surface area contributed by atoms with Gasteiger partial charge in [-0.25, -0.2) is 14.1 Å². The van der Waals surface area contributed by atoms with E-state index in [4.69, 9.17) is 0 Å². The van der Waals surface area contributed by atoms with Crippen LogP contribution in [-0.4, -0.2) is 60.0 Å². The molecule has 0 spiro atoms. The Labute approximate surface area is 172 Å². The smallest absolute Gasteiger partial charge is 0.273 e. The highest BCUT2D eigenvalue weighted by molar-refractivity contribution is 5.93. The number of halogens is 1. The number of carbonyl (C=O) groups is 2. The van der Waals surface area contributed by atoms with Gasteiger partial charge in [0.25, 0.3) is 11.8 Å². The van der Waals surface area contributed by atoms with Crippen LogP contribution < -0.4 is 5.32 Å². The van der Waals surface area contributed by atoms with Crippen LogP contribution >= 0.6 is 0 Å². The van der Waals surface area contributed by atoms with Gasteiger partial charge in [0.15, 0.2) is 5.69 Å². The van der Waals surface area contributed by atoms with Crippen molar-refractivity contribution in [2.75, 3.05) is 6.54 Å². The van der Waals surface area contributed by atoms with Crippen LogP contribution in [0.15, 0.2) is 49.1 Å². The Hall–Kier alpha value is -3.56. The first-order valence-corrected chi connectivity index (χ1v) is 9.65. The van der Waals surface area contributed by atoms with Gasteiger partial charge in [0.1, 0.15) is 11.9 Å². The molecule has 2 amide bonds. The average molecular weight is 411 g/mol. The van der Waals surface area contributed by atoms with E-state index < -0.39 is 6.17 Å². The van der Waals surface area contributed by atoms with Crippen molar-refractivity contribution in [3.05, 3.63) is 66.0 Å². The van der Waals surface area contributed by atoms with Crippen LogP contribution in [0.5, 0.6) is 0 Å². The number of alkyl halides is 1. The number of hydrogen-bond acceptors (Lipinski definition) is 5. The van der Waals surface area contributed by atoms with Crippen LogP contribution in [0.3, 0.4) is 0 Å². The lowest BCUT2D eigenvalue weighted by Gasteiger charge is -2.24. The van der Waals surface area contributed by atoms with Crippen molar-refractivity contribution in [3.8, 4) is 0 Å². The maximum atomic E-state index is 14.1. The molecular formula is C20H22FN7O2. The molecule has 0 saturated carbocycles. The predicted octanol–water partition coefficient (Wildman–Crippen LogP) is 1.19. The minimum absolute atomic E-state index is 0.0216. The van der Waals surface area contributed by atoms with E-state index >= 15 is 0 Å². The van der Waals surface area contributed by atoms with Crippen molar-refractivity contribution in [1.29, 1.82) is 0 Å². The lowest BCUT2D eigenvalue weighted by atomic mass is 10.2. The van der Waals surface area contributed by atoms with Crippen LogP contribution in [0, 0.1) is 0 Å². The number of amides is 2. The summed E-state index contributed by atoms with van der Waals surface area (Å²) in [7, 11) is 1.72. The Bertz CT molecular complexity index is 1030. The van der Waals surface area contributed by atoms with Gasteiger partial charge in [0.05, 0.1) is 37.9 Å². The molecule has 0 bridgehead atoms. The van der Waals surface area contributed by atoms with E-state index in [0.29, 0.717) is 12.2 Å². The molecule has 0 aliphatic carbocycles. The fourth-order valence-electron chi connectivity index (χ4n) is 3.57. The normalized spacial score (nSPS) is 18.5. The predicted molar refractivity (Wildman–Crippen MR) is 105 cm³/mol. The van der Waals surface area contributed by atoms with E-state index in [1.807, 2.05) is 30.3 Å². The molecule has 10 heteroatoms. The van der Waals surface area contributed by atoms with Crippen LogP contribution in [0.1, 0.15) is 33.0 Å². The van der Waals surface area contributed by atoms with E-state index in [0.717, 1.165) is 5.56 Å². The highest BCUT2D eigenvalue weighted by Crippen LogP contribution is 2.24. The fraction of sp³-hybridized carbons (Fsp3) is 0.350. The summed E-state index contributed by atoms with van der Waals surface area (Å²) in [5.74, 6) is -0.621. The van der Waals surface area contributed by atoms with E-state index in [1.54, 1.807) is 11.6 Å². The first-order valence-electron chi connectivity index (χ1n) is 9.65. The number of aromatic nitrogens is 5. The topological polar surface area (TPSA) is 97.9 Å². The third-order valence-corrected chi connectivity index (χ3v) is 5.13. The molecule has 1 N–H and O–H groups in total. The zero-order valence-electron chi connectivity index (χ0n) is 16.5. The molecule has 1 saturated heterocycles. The summed E-state index contributed by atoms with van der Waals surface area (Å²) in [4.78, 5) is 30.6. The Morgan fingerprint density at radius 2 is 2.07 bits per heavy atom. The van der Waals surface area contributed by atoms with E-state index in [9.17, 15) is 14.0 Å². The lowest BCUT2D eigenvalue weighted by Crippen LogP contribution is -2.39. The van der Waals surface area contributed by atoms with Gasteiger partial charge in [0.2, 0.25) is 0 Å². The van der Waals surface area contributed by atoms with Crippen LogP contribution in [0.2, 0.25) is 0 Å². The highest BCUT2D eigenvalue weighted by atomic mass is 19.1. The molecule has 1 aromatic carbocycles. The van der Waals surface area contributed by atoms with E-state index in [1.165, 1.54) is 28.3 Å². The van der Waals surface area contributed by atoms with Crippen molar-refractivity contribution in [1.82, 2.24) is 34.8 Å². The molecular weight excluding hydrogens is 389 g/mol. The number of aryl methyl sites for hydroxylation is 1. The van der Waals surface area contributed by atoms with Gasteiger partial charge in [0, 0.05) is 20.0 Å². The van der Waals surface area contributed by atoms with E-state index in [-0.39, 0.29) is 43.1 Å². The number of likely N-dealkylation sites (tertiary alicyclic amines) is 1.